The van der Waals surface area contributed by atoms with Crippen molar-refractivity contribution in [2.45, 2.75) is 46.0 Å². The second kappa shape index (κ2) is 6.13. The Morgan fingerprint density at radius 3 is 1.41 bits per heavy atom. The van der Waals surface area contributed by atoms with Crippen molar-refractivity contribution in [2.75, 3.05) is 0 Å². The lowest BCUT2D eigenvalue weighted by Crippen LogP contribution is -2.65. The first-order valence-corrected chi connectivity index (χ1v) is 10.5. The molecule has 0 saturated carbocycles. The molecule has 0 saturated heterocycles. The normalized spacial score (nSPS) is 13.0. The SMILES string of the molecule is CC(C)(C)N(B(Cl)c1c(F)c(F)c(F)c(F)c1F)[Si](C)(C)C. The second-order valence-corrected chi connectivity index (χ2v) is 12.3. The lowest BCUT2D eigenvalue weighted by atomic mass is 9.77. The fraction of sp³-hybridized carbons (Fsp3) is 0.538. The molecule has 22 heavy (non-hydrogen) atoms. The molecule has 0 unspecified atom stereocenters. The maximum Gasteiger partial charge on any atom is 0.364 e. The summed E-state index contributed by atoms with van der Waals surface area (Å²) in [7, 11) is -2.23. The van der Waals surface area contributed by atoms with Crippen LogP contribution < -0.4 is 5.46 Å². The van der Waals surface area contributed by atoms with Gasteiger partial charge < -0.3 is 4.48 Å². The molecule has 0 N–H and O–H groups in total. The van der Waals surface area contributed by atoms with E-state index in [-0.39, 0.29) is 0 Å². The molecule has 0 amide bonds. The summed E-state index contributed by atoms with van der Waals surface area (Å²) in [5.74, 6) is -9.92. The van der Waals surface area contributed by atoms with Crippen molar-refractivity contribution in [3.05, 3.63) is 29.1 Å². The van der Waals surface area contributed by atoms with Gasteiger partial charge in [-0.05, 0) is 26.3 Å². The summed E-state index contributed by atoms with van der Waals surface area (Å²) in [6.07, 6.45) is -1.46. The molecule has 0 atom stereocenters. The Kier molecular flexibility index (Phi) is 5.42. The van der Waals surface area contributed by atoms with Crippen LogP contribution in [0.4, 0.5) is 22.0 Å². The third kappa shape index (κ3) is 3.49. The van der Waals surface area contributed by atoms with Gasteiger partial charge >= 0.3 is 6.26 Å². The number of rotatable bonds is 3. The van der Waals surface area contributed by atoms with E-state index in [0.29, 0.717) is 0 Å². The molecule has 1 rings (SSSR count). The van der Waals surface area contributed by atoms with E-state index < -0.39 is 54.6 Å². The van der Waals surface area contributed by atoms with E-state index in [2.05, 4.69) is 0 Å². The molecule has 0 fully saturated rings. The zero-order valence-corrected chi connectivity index (χ0v) is 15.0. The summed E-state index contributed by atoms with van der Waals surface area (Å²) in [6.45, 7) is 10.9. The van der Waals surface area contributed by atoms with E-state index in [1.165, 1.54) is 0 Å². The third-order valence-electron chi connectivity index (χ3n) is 3.15. The topological polar surface area (TPSA) is 3.24 Å². The number of hydrogen-bond acceptors (Lipinski definition) is 1. The van der Waals surface area contributed by atoms with Crippen molar-refractivity contribution in [2.24, 2.45) is 0 Å². The van der Waals surface area contributed by atoms with Crippen LogP contribution in [0.3, 0.4) is 0 Å². The molecule has 1 aromatic carbocycles. The Bertz CT molecular complexity index is 542. The van der Waals surface area contributed by atoms with Crippen molar-refractivity contribution >= 4 is 31.4 Å². The first-order valence-electron chi connectivity index (χ1n) is 6.66. The van der Waals surface area contributed by atoms with Crippen LogP contribution in [0.5, 0.6) is 0 Å². The Hall–Kier alpha value is -0.598. The highest BCUT2D eigenvalue weighted by molar-refractivity contribution is 7.16. The average molecular weight is 358 g/mol. The zero-order valence-electron chi connectivity index (χ0n) is 13.3. The van der Waals surface area contributed by atoms with Crippen LogP contribution in [0.1, 0.15) is 20.8 Å². The van der Waals surface area contributed by atoms with Gasteiger partial charge in [-0.3, -0.25) is 0 Å². The maximum absolute atomic E-state index is 14.0. The Morgan fingerprint density at radius 2 is 1.14 bits per heavy atom. The minimum Gasteiger partial charge on any atom is -0.342 e. The van der Waals surface area contributed by atoms with Crippen molar-refractivity contribution in [1.82, 2.24) is 4.48 Å². The van der Waals surface area contributed by atoms with Gasteiger partial charge in [-0.15, -0.1) is 0 Å². The van der Waals surface area contributed by atoms with Gasteiger partial charge in [0.15, 0.2) is 29.1 Å². The van der Waals surface area contributed by atoms with Crippen LogP contribution in [-0.4, -0.2) is 24.5 Å². The van der Waals surface area contributed by atoms with Gasteiger partial charge in [-0.1, -0.05) is 19.6 Å². The van der Waals surface area contributed by atoms with E-state index in [4.69, 9.17) is 11.5 Å². The van der Waals surface area contributed by atoms with Crippen LogP contribution >= 0.6 is 11.5 Å². The predicted octanol–water partition coefficient (Wildman–Crippen LogP) is 4.25. The number of halogens is 6. The molecule has 9 heteroatoms. The molecule has 0 radical (unpaired) electrons. The second-order valence-electron chi connectivity index (χ2n) is 7.03. The highest BCUT2D eigenvalue weighted by Crippen LogP contribution is 2.27. The smallest absolute Gasteiger partial charge is 0.342 e. The lowest BCUT2D eigenvalue weighted by molar-refractivity contribution is 0.358. The van der Waals surface area contributed by atoms with Gasteiger partial charge in [0.05, 0.1) is 0 Å². The summed E-state index contributed by atoms with van der Waals surface area (Å²) in [5.41, 5.74) is -1.62. The standard InChI is InChI=1S/C13H18BClF5NSi/c1-13(2,3)21(22(4,5)6)14(15)7-8(16)10(18)12(20)11(19)9(7)17/h1-6H3. The number of nitrogens with zero attached hydrogens (tertiary/aromatic N) is 1. The van der Waals surface area contributed by atoms with Gasteiger partial charge in [0.1, 0.15) is 8.24 Å². The fourth-order valence-electron chi connectivity index (χ4n) is 2.65. The molecular formula is C13H18BClF5NSi. The first-order chi connectivity index (χ1) is 9.71. The van der Waals surface area contributed by atoms with Crippen LogP contribution in [0, 0.1) is 29.1 Å². The summed E-state index contributed by atoms with van der Waals surface area (Å²) in [6, 6.07) is 0. The van der Waals surface area contributed by atoms with Crippen molar-refractivity contribution in [3.63, 3.8) is 0 Å². The van der Waals surface area contributed by atoms with Gasteiger partial charge in [-0.25, -0.2) is 22.0 Å². The summed E-state index contributed by atoms with van der Waals surface area (Å²) in [5, 5.41) is 0. The molecule has 0 aliphatic rings. The van der Waals surface area contributed by atoms with E-state index in [0.717, 1.165) is 0 Å². The monoisotopic (exact) mass is 357 g/mol. The van der Waals surface area contributed by atoms with E-state index >= 15 is 0 Å². The third-order valence-corrected chi connectivity index (χ3v) is 6.11. The van der Waals surface area contributed by atoms with Crippen molar-refractivity contribution < 1.29 is 22.0 Å². The molecule has 0 aliphatic heterocycles. The first kappa shape index (κ1) is 19.4. The van der Waals surface area contributed by atoms with Gasteiger partial charge in [0.25, 0.3) is 0 Å². The van der Waals surface area contributed by atoms with Crippen LogP contribution in [0.2, 0.25) is 19.6 Å². The van der Waals surface area contributed by atoms with Crippen LogP contribution in [0.15, 0.2) is 0 Å². The summed E-state index contributed by atoms with van der Waals surface area (Å²) < 4.78 is 69.5. The van der Waals surface area contributed by atoms with Gasteiger partial charge in [-0.2, -0.15) is 11.5 Å². The van der Waals surface area contributed by atoms with Crippen LogP contribution in [0.25, 0.3) is 0 Å². The minimum atomic E-state index is -2.23. The van der Waals surface area contributed by atoms with Gasteiger partial charge in [0.2, 0.25) is 0 Å². The predicted molar refractivity (Wildman–Crippen MR) is 82.4 cm³/mol. The molecule has 1 nitrogen and oxygen atoms in total. The molecule has 0 aliphatic carbocycles. The number of hydrogen-bond donors (Lipinski definition) is 0. The molecular weight excluding hydrogens is 339 g/mol. The Balaban J connectivity index is 3.61. The zero-order chi connectivity index (χ0) is 17.6. The van der Waals surface area contributed by atoms with Crippen molar-refractivity contribution in [3.8, 4) is 0 Å². The molecule has 0 heterocycles. The molecule has 1 aromatic rings. The van der Waals surface area contributed by atoms with Gasteiger partial charge in [0, 0.05) is 5.46 Å². The Morgan fingerprint density at radius 1 is 0.818 bits per heavy atom. The highest BCUT2D eigenvalue weighted by Gasteiger charge is 2.44. The van der Waals surface area contributed by atoms with E-state index in [1.807, 2.05) is 19.6 Å². The molecule has 124 valence electrons. The largest absolute Gasteiger partial charge is 0.364 e. The number of benzene rings is 1. The maximum atomic E-state index is 14.0. The average Bonchev–Trinajstić information content (AvgIpc) is 2.30. The van der Waals surface area contributed by atoms with Crippen molar-refractivity contribution in [1.29, 1.82) is 0 Å². The Labute approximate surface area is 133 Å². The minimum absolute atomic E-state index is 0.614. The molecule has 0 aromatic heterocycles. The van der Waals surface area contributed by atoms with E-state index in [9.17, 15) is 22.0 Å². The highest BCUT2D eigenvalue weighted by atomic mass is 35.5. The summed E-state index contributed by atoms with van der Waals surface area (Å²) >= 11 is 6.17. The fourth-order valence-corrected chi connectivity index (χ4v) is 6.83. The molecule has 0 bridgehead atoms. The summed E-state index contributed by atoms with van der Waals surface area (Å²) in [4.78, 5) is 0. The lowest BCUT2D eigenvalue weighted by Gasteiger charge is -2.46. The quantitative estimate of drug-likeness (QED) is 0.338. The van der Waals surface area contributed by atoms with Crippen LogP contribution in [-0.2, 0) is 0 Å². The van der Waals surface area contributed by atoms with E-state index in [1.54, 1.807) is 25.2 Å². The molecule has 0 spiro atoms.